The summed E-state index contributed by atoms with van der Waals surface area (Å²) < 4.78 is 15.0. The van der Waals surface area contributed by atoms with Crippen molar-refractivity contribution in [1.82, 2.24) is 34.7 Å². The predicted molar refractivity (Wildman–Crippen MR) is 147 cm³/mol. The summed E-state index contributed by atoms with van der Waals surface area (Å²) in [5.74, 6) is 1.44. The summed E-state index contributed by atoms with van der Waals surface area (Å²) in [5.41, 5.74) is 1.49. The van der Waals surface area contributed by atoms with Gasteiger partial charge in [-0.2, -0.15) is 10.1 Å². The molecule has 0 spiro atoms. The molecule has 0 atom stereocenters. The Kier molecular flexibility index (Phi) is 7.13. The molecule has 0 amide bonds. The van der Waals surface area contributed by atoms with Gasteiger partial charge < -0.3 is 20.2 Å². The number of nitrogens with one attached hydrogen (secondary N) is 1. The average molecular weight is 533 g/mol. The molecule has 0 saturated carbocycles. The first-order valence-corrected chi connectivity index (χ1v) is 12.9. The Labute approximate surface area is 226 Å². The molecule has 0 aliphatic carbocycles. The molecular weight excluding hydrogens is 499 g/mol. The van der Waals surface area contributed by atoms with Crippen LogP contribution in [-0.2, 0) is 12.0 Å². The van der Waals surface area contributed by atoms with Gasteiger partial charge in [-0.05, 0) is 37.1 Å². The minimum absolute atomic E-state index is 0.250. The minimum atomic E-state index is -0.862. The summed E-state index contributed by atoms with van der Waals surface area (Å²) in [6, 6.07) is 6.56. The van der Waals surface area contributed by atoms with Crippen LogP contribution in [0, 0.1) is 5.82 Å². The average Bonchev–Trinajstić information content (AvgIpc) is 3.34. The standard InChI is InChI=1S/C27H33FN10O/c1-26(2,39)17-38-16-22(15-33-38)34-23-31-18-32-25(35-23)37-11-9-36(10-12-37)24-29-13-20(14-30-24)27(3,4)19-5-7-21(28)8-6-19/h5-8,13-16,18,39H,9-12,17H2,1-4H3,(H,31,32,34,35). The summed E-state index contributed by atoms with van der Waals surface area (Å²) in [6.45, 7) is 10.9. The second kappa shape index (κ2) is 10.5. The first kappa shape index (κ1) is 26.4. The zero-order chi connectivity index (χ0) is 27.6. The lowest BCUT2D eigenvalue weighted by Crippen LogP contribution is -2.47. The molecule has 0 bridgehead atoms. The van der Waals surface area contributed by atoms with Crippen LogP contribution < -0.4 is 15.1 Å². The third kappa shape index (κ3) is 6.28. The molecule has 3 aromatic heterocycles. The molecule has 12 heteroatoms. The summed E-state index contributed by atoms with van der Waals surface area (Å²) in [7, 11) is 0. The fourth-order valence-corrected chi connectivity index (χ4v) is 4.49. The van der Waals surface area contributed by atoms with Gasteiger partial charge in [-0.15, -0.1) is 0 Å². The maximum absolute atomic E-state index is 13.4. The summed E-state index contributed by atoms with van der Waals surface area (Å²) in [6.07, 6.45) is 8.66. The SMILES string of the molecule is CC(C)(O)Cn1cc(Nc2ncnc(N3CCN(c4ncc(C(C)(C)c5ccc(F)cc5)cn4)CC3)n2)cn1. The molecule has 11 nitrogen and oxygen atoms in total. The number of aromatic nitrogens is 7. The van der Waals surface area contributed by atoms with Crippen molar-refractivity contribution < 1.29 is 9.50 Å². The largest absolute Gasteiger partial charge is 0.389 e. The highest BCUT2D eigenvalue weighted by atomic mass is 19.1. The van der Waals surface area contributed by atoms with Crippen molar-refractivity contribution in [2.45, 2.75) is 45.3 Å². The summed E-state index contributed by atoms with van der Waals surface area (Å²) in [4.78, 5) is 26.7. The smallest absolute Gasteiger partial charge is 0.232 e. The van der Waals surface area contributed by atoms with E-state index in [-0.39, 0.29) is 11.2 Å². The lowest BCUT2D eigenvalue weighted by molar-refractivity contribution is 0.0578. The van der Waals surface area contributed by atoms with Gasteiger partial charge in [0, 0.05) is 50.2 Å². The van der Waals surface area contributed by atoms with Crippen LogP contribution in [-0.4, -0.2) is 71.6 Å². The normalized spacial score (nSPS) is 14.5. The van der Waals surface area contributed by atoms with E-state index in [1.165, 1.54) is 18.5 Å². The first-order valence-electron chi connectivity index (χ1n) is 12.9. The summed E-state index contributed by atoms with van der Waals surface area (Å²) >= 11 is 0. The minimum Gasteiger partial charge on any atom is -0.389 e. The molecule has 1 aliphatic rings. The molecule has 4 aromatic rings. The van der Waals surface area contributed by atoms with Gasteiger partial charge in [0.15, 0.2) is 0 Å². The second-order valence-electron chi connectivity index (χ2n) is 10.9. The maximum atomic E-state index is 13.4. The zero-order valence-electron chi connectivity index (χ0n) is 22.6. The van der Waals surface area contributed by atoms with Crippen molar-refractivity contribution in [2.75, 3.05) is 41.3 Å². The molecule has 39 heavy (non-hydrogen) atoms. The number of anilines is 4. The van der Waals surface area contributed by atoms with Crippen LogP contribution in [0.2, 0.25) is 0 Å². The van der Waals surface area contributed by atoms with Gasteiger partial charge in [-0.3, -0.25) is 4.68 Å². The number of hydrogen-bond acceptors (Lipinski definition) is 10. The summed E-state index contributed by atoms with van der Waals surface area (Å²) in [5, 5.41) is 17.4. The number of halogens is 1. The van der Waals surface area contributed by atoms with Gasteiger partial charge in [0.05, 0.1) is 24.0 Å². The van der Waals surface area contributed by atoms with Gasteiger partial charge in [0.25, 0.3) is 0 Å². The van der Waals surface area contributed by atoms with E-state index in [4.69, 9.17) is 0 Å². The van der Waals surface area contributed by atoms with E-state index in [0.29, 0.717) is 37.5 Å². The third-order valence-electron chi connectivity index (χ3n) is 6.77. The zero-order valence-corrected chi connectivity index (χ0v) is 22.6. The van der Waals surface area contributed by atoms with E-state index in [2.05, 4.69) is 59.0 Å². The van der Waals surface area contributed by atoms with Crippen LogP contribution in [0.25, 0.3) is 0 Å². The Hall–Kier alpha value is -4.19. The van der Waals surface area contributed by atoms with Crippen molar-refractivity contribution in [2.24, 2.45) is 0 Å². The van der Waals surface area contributed by atoms with Crippen molar-refractivity contribution in [1.29, 1.82) is 0 Å². The molecule has 2 N–H and O–H groups in total. The van der Waals surface area contributed by atoms with Crippen LogP contribution in [0.5, 0.6) is 0 Å². The fraction of sp³-hybridized carbons (Fsp3) is 0.407. The lowest BCUT2D eigenvalue weighted by atomic mass is 9.79. The predicted octanol–water partition coefficient (Wildman–Crippen LogP) is 3.16. The van der Waals surface area contributed by atoms with Gasteiger partial charge in [0.2, 0.25) is 17.8 Å². The number of piperazine rings is 1. The molecule has 0 radical (unpaired) electrons. The second-order valence-corrected chi connectivity index (χ2v) is 10.9. The van der Waals surface area contributed by atoms with Crippen LogP contribution in [0.1, 0.15) is 38.8 Å². The molecule has 4 heterocycles. The van der Waals surface area contributed by atoms with Crippen molar-refractivity contribution in [3.05, 3.63) is 72.3 Å². The fourth-order valence-electron chi connectivity index (χ4n) is 4.49. The van der Waals surface area contributed by atoms with Crippen LogP contribution in [0.4, 0.5) is 27.9 Å². The van der Waals surface area contributed by atoms with Crippen molar-refractivity contribution in [3.8, 4) is 0 Å². The van der Waals surface area contributed by atoms with E-state index in [1.54, 1.807) is 43.1 Å². The molecule has 5 rings (SSSR count). The van der Waals surface area contributed by atoms with E-state index in [0.717, 1.165) is 29.9 Å². The Morgan fingerprint density at radius 3 is 2.13 bits per heavy atom. The van der Waals surface area contributed by atoms with Gasteiger partial charge in [0.1, 0.15) is 12.1 Å². The molecular formula is C27H33FN10O. The Bertz CT molecular complexity index is 1390. The van der Waals surface area contributed by atoms with E-state index in [1.807, 2.05) is 12.4 Å². The Morgan fingerprint density at radius 1 is 0.846 bits per heavy atom. The molecule has 1 saturated heterocycles. The first-order chi connectivity index (χ1) is 18.6. The van der Waals surface area contributed by atoms with Gasteiger partial charge in [-0.25, -0.2) is 24.3 Å². The lowest BCUT2D eigenvalue weighted by Gasteiger charge is -2.35. The van der Waals surface area contributed by atoms with E-state index >= 15 is 0 Å². The monoisotopic (exact) mass is 532 g/mol. The Morgan fingerprint density at radius 2 is 1.49 bits per heavy atom. The molecule has 1 fully saturated rings. The third-order valence-corrected chi connectivity index (χ3v) is 6.77. The van der Waals surface area contributed by atoms with Crippen molar-refractivity contribution >= 4 is 23.5 Å². The van der Waals surface area contributed by atoms with E-state index < -0.39 is 5.60 Å². The molecule has 0 unspecified atom stereocenters. The van der Waals surface area contributed by atoms with Gasteiger partial charge in [-0.1, -0.05) is 26.0 Å². The number of aliphatic hydroxyl groups is 1. The van der Waals surface area contributed by atoms with Crippen LogP contribution >= 0.6 is 0 Å². The Balaban J connectivity index is 1.19. The highest BCUT2D eigenvalue weighted by molar-refractivity contribution is 5.52. The molecule has 1 aromatic carbocycles. The van der Waals surface area contributed by atoms with Crippen LogP contribution in [0.15, 0.2) is 55.4 Å². The maximum Gasteiger partial charge on any atom is 0.232 e. The van der Waals surface area contributed by atoms with Gasteiger partial charge >= 0.3 is 0 Å². The highest BCUT2D eigenvalue weighted by Crippen LogP contribution is 2.31. The molecule has 1 aliphatic heterocycles. The topological polar surface area (TPSA) is 121 Å². The molecule has 204 valence electrons. The van der Waals surface area contributed by atoms with E-state index in [9.17, 15) is 9.50 Å². The number of nitrogens with zero attached hydrogens (tertiary/aromatic N) is 9. The van der Waals surface area contributed by atoms with Crippen LogP contribution in [0.3, 0.4) is 0 Å². The highest BCUT2D eigenvalue weighted by Gasteiger charge is 2.26. The number of hydrogen-bond donors (Lipinski definition) is 2. The quantitative estimate of drug-likeness (QED) is 0.350. The number of rotatable bonds is 8. The number of benzene rings is 1. The van der Waals surface area contributed by atoms with Crippen molar-refractivity contribution in [3.63, 3.8) is 0 Å².